The summed E-state index contributed by atoms with van der Waals surface area (Å²) in [6.45, 7) is 0. The van der Waals surface area contributed by atoms with Crippen LogP contribution in [0.1, 0.15) is 12.8 Å². The fourth-order valence-electron chi connectivity index (χ4n) is 0.590. The van der Waals surface area contributed by atoms with E-state index in [-0.39, 0.29) is 6.29 Å². The Morgan fingerprint density at radius 3 is 2.22 bits per heavy atom. The first-order chi connectivity index (χ1) is 4.35. The molecule has 2 radical (unpaired) electrons. The second-order valence-electron chi connectivity index (χ2n) is 1.77. The minimum atomic E-state index is 0.0126. The van der Waals surface area contributed by atoms with E-state index in [1.807, 2.05) is 23.0 Å². The van der Waals surface area contributed by atoms with E-state index in [1.54, 1.807) is 14.2 Å². The van der Waals surface area contributed by atoms with Crippen LogP contribution >= 0.6 is 0 Å². The van der Waals surface area contributed by atoms with Gasteiger partial charge in [0.2, 0.25) is 0 Å². The monoisotopic (exact) mass is 238 g/mol. The van der Waals surface area contributed by atoms with Crippen LogP contribution in [0.15, 0.2) is 0 Å². The Morgan fingerprint density at radius 1 is 1.33 bits per heavy atom. The molecule has 0 saturated carbocycles. The van der Waals surface area contributed by atoms with Crippen LogP contribution in [-0.2, 0) is 9.47 Å². The SMILES string of the molecule is COC(CC[CH2][Sb])OC. The molecule has 0 fully saturated rings. The molecule has 9 heavy (non-hydrogen) atoms. The first-order valence-corrected chi connectivity index (χ1v) is 4.82. The van der Waals surface area contributed by atoms with Crippen LogP contribution in [0.5, 0.6) is 0 Å². The summed E-state index contributed by atoms with van der Waals surface area (Å²) in [6.07, 6.45) is 2.22. The molecular weight excluding hydrogens is 226 g/mol. The number of hydrogen-bond donors (Lipinski definition) is 0. The quantitative estimate of drug-likeness (QED) is 0.525. The van der Waals surface area contributed by atoms with Crippen molar-refractivity contribution in [3.63, 3.8) is 0 Å². The van der Waals surface area contributed by atoms with Crippen molar-refractivity contribution in [1.82, 2.24) is 0 Å². The Labute approximate surface area is 70.4 Å². The van der Waals surface area contributed by atoms with Gasteiger partial charge in [0.05, 0.1) is 0 Å². The molecule has 2 nitrogen and oxygen atoms in total. The number of ether oxygens (including phenoxy) is 2. The Kier molecular flexibility index (Phi) is 7.41. The first kappa shape index (κ1) is 9.74. The zero-order valence-corrected chi connectivity index (χ0v) is 8.52. The Bertz CT molecular complexity index is 55.0. The summed E-state index contributed by atoms with van der Waals surface area (Å²) in [7, 11) is 3.35. The summed E-state index contributed by atoms with van der Waals surface area (Å²) in [5.41, 5.74) is 0. The van der Waals surface area contributed by atoms with Crippen molar-refractivity contribution in [2.45, 2.75) is 23.5 Å². The molecule has 0 aliphatic carbocycles. The predicted octanol–water partition coefficient (Wildman–Crippen LogP) is 0.972. The molecule has 0 saturated heterocycles. The zero-order chi connectivity index (χ0) is 7.11. The molecule has 0 N–H and O–H groups in total. The second-order valence-corrected chi connectivity index (χ2v) is 3.04. The van der Waals surface area contributed by atoms with E-state index in [0.717, 1.165) is 6.42 Å². The molecule has 0 atom stereocenters. The molecule has 0 aromatic rings. The summed E-state index contributed by atoms with van der Waals surface area (Å²) in [5, 5.41) is 0. The molecule has 0 rings (SSSR count). The van der Waals surface area contributed by atoms with Crippen LogP contribution in [0.2, 0.25) is 4.37 Å². The van der Waals surface area contributed by atoms with Crippen molar-refractivity contribution in [1.29, 1.82) is 0 Å². The molecule has 0 aliphatic heterocycles. The van der Waals surface area contributed by atoms with Crippen molar-refractivity contribution in [2.75, 3.05) is 14.2 Å². The molecule has 0 aromatic carbocycles. The van der Waals surface area contributed by atoms with Crippen LogP contribution in [0, 0.1) is 0 Å². The molecule has 0 amide bonds. The molecule has 0 heterocycles. The maximum absolute atomic E-state index is 4.98. The molecule has 3 heteroatoms. The Hall–Kier alpha value is 0.738. The topological polar surface area (TPSA) is 18.5 Å². The van der Waals surface area contributed by atoms with Crippen LogP contribution in [0.4, 0.5) is 0 Å². The summed E-state index contributed by atoms with van der Waals surface area (Å²) < 4.78 is 11.2. The summed E-state index contributed by atoms with van der Waals surface area (Å²) >= 11 is 1.84. The number of methoxy groups -OCH3 is 2. The van der Waals surface area contributed by atoms with Gasteiger partial charge in [-0.25, -0.2) is 0 Å². The maximum atomic E-state index is 4.98. The molecule has 0 spiro atoms. The van der Waals surface area contributed by atoms with Gasteiger partial charge in [-0.05, 0) is 0 Å². The molecule has 0 unspecified atom stereocenters. The summed E-state index contributed by atoms with van der Waals surface area (Å²) in [4.78, 5) is 0. The first-order valence-electron chi connectivity index (χ1n) is 3.01. The van der Waals surface area contributed by atoms with Gasteiger partial charge in [0.15, 0.2) is 0 Å². The van der Waals surface area contributed by atoms with Crippen LogP contribution in [0.25, 0.3) is 0 Å². The second kappa shape index (κ2) is 6.85. The summed E-state index contributed by atoms with van der Waals surface area (Å²) in [5.74, 6) is 0. The number of rotatable bonds is 5. The normalized spacial score (nSPS) is 10.7. The molecule has 54 valence electrons. The number of hydrogen-bond acceptors (Lipinski definition) is 2. The minimum absolute atomic E-state index is 0.0126. The van der Waals surface area contributed by atoms with Gasteiger partial charge in [0.1, 0.15) is 0 Å². The van der Waals surface area contributed by atoms with E-state index in [2.05, 4.69) is 0 Å². The van der Waals surface area contributed by atoms with E-state index >= 15 is 0 Å². The van der Waals surface area contributed by atoms with Gasteiger partial charge < -0.3 is 0 Å². The average Bonchev–Trinajstić information content (AvgIpc) is 1.91. The molecule has 0 bridgehead atoms. The predicted molar refractivity (Wildman–Crippen MR) is 37.6 cm³/mol. The molecule has 0 aromatic heterocycles. The van der Waals surface area contributed by atoms with Crippen LogP contribution in [-0.4, -0.2) is 43.5 Å². The fraction of sp³-hybridized carbons (Fsp3) is 1.00. The van der Waals surface area contributed by atoms with Crippen LogP contribution < -0.4 is 0 Å². The standard InChI is InChI=1S/C6H13O2.Sb/c1-4-5-6(7-2)8-3;/h6H,1,4-5H2,2-3H3;. The zero-order valence-electron chi connectivity index (χ0n) is 5.96. The van der Waals surface area contributed by atoms with Gasteiger partial charge in [0, 0.05) is 0 Å². The Morgan fingerprint density at radius 2 is 1.89 bits per heavy atom. The van der Waals surface area contributed by atoms with Gasteiger partial charge in [-0.1, -0.05) is 0 Å². The average molecular weight is 239 g/mol. The molecule has 0 aliphatic rings. The van der Waals surface area contributed by atoms with Gasteiger partial charge in [-0.3, -0.25) is 0 Å². The van der Waals surface area contributed by atoms with Crippen molar-refractivity contribution in [2.24, 2.45) is 0 Å². The summed E-state index contributed by atoms with van der Waals surface area (Å²) in [6, 6.07) is 0. The van der Waals surface area contributed by atoms with Crippen molar-refractivity contribution < 1.29 is 9.47 Å². The third kappa shape index (κ3) is 5.20. The van der Waals surface area contributed by atoms with Gasteiger partial charge in [0.25, 0.3) is 0 Å². The van der Waals surface area contributed by atoms with Crippen molar-refractivity contribution >= 4 is 23.0 Å². The van der Waals surface area contributed by atoms with E-state index in [0.29, 0.717) is 0 Å². The van der Waals surface area contributed by atoms with Crippen molar-refractivity contribution in [3.05, 3.63) is 0 Å². The van der Waals surface area contributed by atoms with Crippen LogP contribution in [0.3, 0.4) is 0 Å². The van der Waals surface area contributed by atoms with Gasteiger partial charge in [-0.15, -0.1) is 0 Å². The van der Waals surface area contributed by atoms with E-state index in [9.17, 15) is 0 Å². The van der Waals surface area contributed by atoms with Gasteiger partial charge in [-0.2, -0.15) is 0 Å². The molecular formula is C6H13O2Sb. The van der Waals surface area contributed by atoms with E-state index < -0.39 is 0 Å². The van der Waals surface area contributed by atoms with Crippen molar-refractivity contribution in [3.8, 4) is 0 Å². The fourth-order valence-corrected chi connectivity index (χ4v) is 1.11. The third-order valence-corrected chi connectivity index (χ3v) is 2.03. The van der Waals surface area contributed by atoms with Gasteiger partial charge >= 0.3 is 70.2 Å². The Balaban J connectivity index is 3.09. The third-order valence-electron chi connectivity index (χ3n) is 1.12. The van der Waals surface area contributed by atoms with E-state index in [1.165, 1.54) is 10.8 Å². The van der Waals surface area contributed by atoms with E-state index in [4.69, 9.17) is 9.47 Å².